The van der Waals surface area contributed by atoms with Crippen LogP contribution in [0.15, 0.2) is 64.0 Å². The van der Waals surface area contributed by atoms with Crippen LogP contribution in [-0.4, -0.2) is 30.8 Å². The van der Waals surface area contributed by atoms with Crippen LogP contribution in [0.25, 0.3) is 16.9 Å². The Bertz CT molecular complexity index is 1130. The summed E-state index contributed by atoms with van der Waals surface area (Å²) in [6, 6.07) is 15.3. The third-order valence-electron chi connectivity index (χ3n) is 4.47. The maximum absolute atomic E-state index is 12.5. The minimum absolute atomic E-state index is 0.00102. The van der Waals surface area contributed by atoms with Crippen molar-refractivity contribution in [3.05, 3.63) is 64.8 Å². The quantitative estimate of drug-likeness (QED) is 0.480. The van der Waals surface area contributed by atoms with E-state index >= 15 is 0 Å². The standard InChI is InChI=1S/C21H23BrN4O3S/c1-3-4-14-23-21(27)25-30(28,29)18-12-10-17(11-13-18)26-20(19(22)15(2)24-26)16-8-6-5-7-9-16/h5-13H,3-4,14H2,1-2H3,(H2,23,25,27). The van der Waals surface area contributed by atoms with Gasteiger partial charge in [0.2, 0.25) is 0 Å². The fraction of sp³-hybridized carbons (Fsp3) is 0.238. The Balaban J connectivity index is 1.87. The van der Waals surface area contributed by atoms with Crippen LogP contribution in [0.3, 0.4) is 0 Å². The summed E-state index contributed by atoms with van der Waals surface area (Å²) in [5.41, 5.74) is 3.37. The Morgan fingerprint density at radius 2 is 1.77 bits per heavy atom. The number of carbonyl (C=O) groups is 1. The predicted molar refractivity (Wildman–Crippen MR) is 120 cm³/mol. The van der Waals surface area contributed by atoms with Crippen molar-refractivity contribution in [1.29, 1.82) is 0 Å². The molecule has 0 unspecified atom stereocenters. The molecule has 1 heterocycles. The molecule has 7 nitrogen and oxygen atoms in total. The van der Waals surface area contributed by atoms with Gasteiger partial charge in [0.25, 0.3) is 10.0 Å². The summed E-state index contributed by atoms with van der Waals surface area (Å²) in [6.07, 6.45) is 1.69. The molecule has 0 aliphatic heterocycles. The van der Waals surface area contributed by atoms with Gasteiger partial charge in [-0.2, -0.15) is 5.10 Å². The van der Waals surface area contributed by atoms with Crippen molar-refractivity contribution >= 4 is 32.0 Å². The van der Waals surface area contributed by atoms with E-state index in [9.17, 15) is 13.2 Å². The summed E-state index contributed by atoms with van der Waals surface area (Å²) in [4.78, 5) is 11.8. The zero-order valence-corrected chi connectivity index (χ0v) is 19.1. The average Bonchev–Trinajstić information content (AvgIpc) is 3.03. The van der Waals surface area contributed by atoms with Gasteiger partial charge >= 0.3 is 6.03 Å². The molecule has 3 aromatic rings. The van der Waals surface area contributed by atoms with Gasteiger partial charge in [-0.25, -0.2) is 22.6 Å². The molecule has 0 saturated heterocycles. The number of sulfonamides is 1. The van der Waals surface area contributed by atoms with Crippen molar-refractivity contribution in [2.75, 3.05) is 6.54 Å². The lowest BCUT2D eigenvalue weighted by Gasteiger charge is -2.11. The lowest BCUT2D eigenvalue weighted by Crippen LogP contribution is -2.39. The number of unbranched alkanes of at least 4 members (excludes halogenated alkanes) is 1. The van der Waals surface area contributed by atoms with Crippen molar-refractivity contribution in [2.24, 2.45) is 0 Å². The highest BCUT2D eigenvalue weighted by atomic mass is 79.9. The van der Waals surface area contributed by atoms with Crippen LogP contribution in [0.5, 0.6) is 0 Å². The summed E-state index contributed by atoms with van der Waals surface area (Å²) < 4.78 is 29.6. The molecule has 0 atom stereocenters. The molecule has 0 fully saturated rings. The van der Waals surface area contributed by atoms with E-state index in [0.29, 0.717) is 12.2 Å². The van der Waals surface area contributed by atoms with E-state index in [1.165, 1.54) is 12.1 Å². The molecule has 0 saturated carbocycles. The van der Waals surface area contributed by atoms with Crippen molar-refractivity contribution < 1.29 is 13.2 Å². The molecule has 2 amide bonds. The van der Waals surface area contributed by atoms with Gasteiger partial charge in [0.1, 0.15) is 0 Å². The molecule has 3 rings (SSSR count). The summed E-state index contributed by atoms with van der Waals surface area (Å²) in [6.45, 7) is 4.31. The minimum atomic E-state index is -3.96. The fourth-order valence-corrected chi connectivity index (χ4v) is 4.31. The molecular formula is C21H23BrN4O3S. The second-order valence-corrected chi connectivity index (χ2v) is 9.21. The lowest BCUT2D eigenvalue weighted by molar-refractivity contribution is 0.245. The minimum Gasteiger partial charge on any atom is -0.337 e. The topological polar surface area (TPSA) is 93.1 Å². The number of aromatic nitrogens is 2. The largest absolute Gasteiger partial charge is 0.337 e. The van der Waals surface area contributed by atoms with Gasteiger partial charge in [0.15, 0.2) is 0 Å². The van der Waals surface area contributed by atoms with Crippen LogP contribution in [0.2, 0.25) is 0 Å². The van der Waals surface area contributed by atoms with Crippen molar-refractivity contribution in [2.45, 2.75) is 31.6 Å². The van der Waals surface area contributed by atoms with Gasteiger partial charge in [-0.1, -0.05) is 43.7 Å². The summed E-state index contributed by atoms with van der Waals surface area (Å²) in [5.74, 6) is 0. The van der Waals surface area contributed by atoms with Gasteiger partial charge in [0, 0.05) is 12.1 Å². The molecule has 2 aromatic carbocycles. The normalized spacial score (nSPS) is 11.3. The van der Waals surface area contributed by atoms with Crippen molar-refractivity contribution in [1.82, 2.24) is 19.8 Å². The van der Waals surface area contributed by atoms with Crippen LogP contribution in [0.4, 0.5) is 4.79 Å². The molecule has 0 spiro atoms. The first-order valence-electron chi connectivity index (χ1n) is 9.55. The summed E-state index contributed by atoms with van der Waals surface area (Å²) in [5, 5.41) is 7.11. The van der Waals surface area contributed by atoms with E-state index < -0.39 is 16.1 Å². The first-order chi connectivity index (χ1) is 14.3. The van der Waals surface area contributed by atoms with Gasteiger partial charge in [-0.15, -0.1) is 0 Å². The SMILES string of the molecule is CCCCNC(=O)NS(=O)(=O)c1ccc(-n2nc(C)c(Br)c2-c2ccccc2)cc1. The highest BCUT2D eigenvalue weighted by Crippen LogP contribution is 2.33. The number of nitrogens with zero attached hydrogens (tertiary/aromatic N) is 2. The number of benzene rings is 2. The third kappa shape index (κ3) is 4.91. The van der Waals surface area contributed by atoms with Gasteiger partial charge < -0.3 is 5.32 Å². The summed E-state index contributed by atoms with van der Waals surface area (Å²) in [7, 11) is -3.96. The number of halogens is 1. The predicted octanol–water partition coefficient (Wildman–Crippen LogP) is 4.40. The van der Waals surface area contributed by atoms with Gasteiger partial charge in [-0.05, 0) is 53.5 Å². The molecule has 1 aromatic heterocycles. The summed E-state index contributed by atoms with van der Waals surface area (Å²) >= 11 is 3.60. The van der Waals surface area contributed by atoms with Crippen LogP contribution in [0, 0.1) is 6.92 Å². The average molecular weight is 491 g/mol. The third-order valence-corrected chi connectivity index (χ3v) is 6.77. The molecule has 0 bridgehead atoms. The molecule has 30 heavy (non-hydrogen) atoms. The molecule has 2 N–H and O–H groups in total. The smallest absolute Gasteiger partial charge is 0.328 e. The first-order valence-corrected chi connectivity index (χ1v) is 11.8. The molecule has 0 aliphatic carbocycles. The number of hydrogen-bond acceptors (Lipinski definition) is 4. The Labute approximate surface area is 184 Å². The molecule has 158 valence electrons. The highest BCUT2D eigenvalue weighted by Gasteiger charge is 2.19. The van der Waals surface area contributed by atoms with E-state index in [2.05, 4.69) is 26.3 Å². The maximum Gasteiger partial charge on any atom is 0.328 e. The Morgan fingerprint density at radius 3 is 2.40 bits per heavy atom. The van der Waals surface area contributed by atoms with Crippen LogP contribution in [-0.2, 0) is 10.0 Å². The van der Waals surface area contributed by atoms with E-state index in [1.807, 2.05) is 48.9 Å². The van der Waals surface area contributed by atoms with Crippen LogP contribution in [0.1, 0.15) is 25.5 Å². The highest BCUT2D eigenvalue weighted by molar-refractivity contribution is 9.10. The van der Waals surface area contributed by atoms with Gasteiger partial charge in [0.05, 0.1) is 26.4 Å². The molecule has 0 radical (unpaired) electrons. The first kappa shape index (κ1) is 22.0. The Kier molecular flexibility index (Phi) is 6.94. The number of urea groups is 1. The second kappa shape index (κ2) is 9.44. The fourth-order valence-electron chi connectivity index (χ4n) is 2.90. The van der Waals surface area contributed by atoms with E-state index in [0.717, 1.165) is 34.3 Å². The lowest BCUT2D eigenvalue weighted by atomic mass is 10.1. The molecule has 0 aliphatic rings. The molecular weight excluding hydrogens is 468 g/mol. The van der Waals surface area contributed by atoms with Crippen LogP contribution >= 0.6 is 15.9 Å². The number of carbonyl (C=O) groups excluding carboxylic acids is 1. The van der Waals surface area contributed by atoms with E-state index in [4.69, 9.17) is 0 Å². The van der Waals surface area contributed by atoms with Crippen molar-refractivity contribution in [3.63, 3.8) is 0 Å². The van der Waals surface area contributed by atoms with E-state index in [-0.39, 0.29) is 4.90 Å². The number of rotatable bonds is 7. The van der Waals surface area contributed by atoms with Crippen molar-refractivity contribution in [3.8, 4) is 16.9 Å². The molecule has 9 heteroatoms. The zero-order chi connectivity index (χ0) is 21.7. The Morgan fingerprint density at radius 1 is 1.10 bits per heavy atom. The van der Waals surface area contributed by atoms with Crippen LogP contribution < -0.4 is 10.0 Å². The monoisotopic (exact) mass is 490 g/mol. The second-order valence-electron chi connectivity index (χ2n) is 6.73. The maximum atomic E-state index is 12.5. The van der Waals surface area contributed by atoms with E-state index in [1.54, 1.807) is 16.8 Å². The Hall–Kier alpha value is -2.65. The number of amides is 2. The number of nitrogens with one attached hydrogen (secondary N) is 2. The van der Waals surface area contributed by atoms with Gasteiger partial charge in [-0.3, -0.25) is 0 Å². The number of aryl methyl sites for hydroxylation is 1. The zero-order valence-electron chi connectivity index (χ0n) is 16.7. The number of hydrogen-bond donors (Lipinski definition) is 2.